The SMILES string of the molecule is Cc1cnc(C(Cc2ccc(OCc3ccccc3)cc2)NC(=O)CC2CCN(C(=O)CCc3ccc(C#N)cc3)CC2)o1. The number of nitriles is 1. The second-order valence-electron chi connectivity index (χ2n) is 11.4. The molecular weight excluding hydrogens is 552 g/mol. The minimum atomic E-state index is -0.392. The third kappa shape index (κ3) is 8.81. The lowest BCUT2D eigenvalue weighted by atomic mass is 9.92. The van der Waals surface area contributed by atoms with Gasteiger partial charge in [-0.05, 0) is 73.1 Å². The van der Waals surface area contributed by atoms with Gasteiger partial charge < -0.3 is 19.4 Å². The van der Waals surface area contributed by atoms with Gasteiger partial charge in [0.25, 0.3) is 0 Å². The van der Waals surface area contributed by atoms with Gasteiger partial charge in [0.1, 0.15) is 24.2 Å². The number of amides is 2. The van der Waals surface area contributed by atoms with Gasteiger partial charge in [-0.1, -0.05) is 54.6 Å². The molecule has 0 bridgehead atoms. The smallest absolute Gasteiger partial charge is 0.222 e. The van der Waals surface area contributed by atoms with Crippen molar-refractivity contribution < 1.29 is 18.7 Å². The molecule has 1 saturated heterocycles. The summed E-state index contributed by atoms with van der Waals surface area (Å²) in [5, 5.41) is 12.1. The second-order valence-corrected chi connectivity index (χ2v) is 11.4. The molecular formula is C36H38N4O4. The van der Waals surface area contributed by atoms with E-state index in [0.717, 1.165) is 35.3 Å². The monoisotopic (exact) mass is 590 g/mol. The second kappa shape index (κ2) is 15.0. The number of aryl methyl sites for hydroxylation is 2. The number of rotatable bonds is 12. The van der Waals surface area contributed by atoms with Crippen LogP contribution >= 0.6 is 0 Å². The number of carbonyl (C=O) groups is 2. The van der Waals surface area contributed by atoms with E-state index in [-0.39, 0.29) is 17.7 Å². The van der Waals surface area contributed by atoms with E-state index in [2.05, 4.69) is 16.4 Å². The summed E-state index contributed by atoms with van der Waals surface area (Å²) in [7, 11) is 0. The average molecular weight is 591 g/mol. The molecule has 3 aromatic carbocycles. The number of nitrogens with one attached hydrogen (secondary N) is 1. The van der Waals surface area contributed by atoms with E-state index in [4.69, 9.17) is 14.4 Å². The van der Waals surface area contributed by atoms with Crippen molar-refractivity contribution in [2.24, 2.45) is 5.92 Å². The van der Waals surface area contributed by atoms with Gasteiger partial charge in [-0.15, -0.1) is 0 Å². The normalized spacial score (nSPS) is 14.0. The van der Waals surface area contributed by atoms with Crippen LogP contribution in [0.2, 0.25) is 0 Å². The van der Waals surface area contributed by atoms with Crippen LogP contribution in [0.25, 0.3) is 0 Å². The lowest BCUT2D eigenvalue weighted by molar-refractivity contribution is -0.132. The first-order valence-electron chi connectivity index (χ1n) is 15.2. The molecule has 0 saturated carbocycles. The molecule has 8 nitrogen and oxygen atoms in total. The van der Waals surface area contributed by atoms with Crippen LogP contribution in [-0.4, -0.2) is 34.8 Å². The van der Waals surface area contributed by atoms with E-state index in [1.807, 2.05) is 78.6 Å². The number of hydrogen-bond acceptors (Lipinski definition) is 6. The highest BCUT2D eigenvalue weighted by atomic mass is 16.5. The third-order valence-electron chi connectivity index (χ3n) is 8.04. The van der Waals surface area contributed by atoms with Crippen LogP contribution in [0.5, 0.6) is 5.75 Å². The Labute approximate surface area is 258 Å². The molecule has 0 radical (unpaired) electrons. The fraction of sp³-hybridized carbons (Fsp3) is 0.333. The molecule has 1 aliphatic heterocycles. The minimum Gasteiger partial charge on any atom is -0.489 e. The van der Waals surface area contributed by atoms with Crippen molar-refractivity contribution >= 4 is 11.8 Å². The number of hydrogen-bond donors (Lipinski definition) is 1. The number of oxazole rings is 1. The van der Waals surface area contributed by atoms with Gasteiger partial charge in [0, 0.05) is 32.4 Å². The van der Waals surface area contributed by atoms with Gasteiger partial charge >= 0.3 is 0 Å². The van der Waals surface area contributed by atoms with Crippen LogP contribution in [0.3, 0.4) is 0 Å². The van der Waals surface area contributed by atoms with Gasteiger partial charge in [0.05, 0.1) is 17.8 Å². The van der Waals surface area contributed by atoms with E-state index < -0.39 is 6.04 Å². The van der Waals surface area contributed by atoms with Crippen LogP contribution in [0.4, 0.5) is 0 Å². The standard InChI is InChI=1S/C36H38N4O4/c1-26-24-38-36(44-26)33(21-28-11-14-32(15-12-28)43-25-31-5-3-2-4-6-31)39-34(41)22-29-17-19-40(20-18-29)35(42)16-13-27-7-9-30(23-37)10-8-27/h2-12,14-15,24,29,33H,13,16-22,25H2,1H3,(H,39,41). The lowest BCUT2D eigenvalue weighted by Crippen LogP contribution is -2.40. The van der Waals surface area contributed by atoms with Crippen LogP contribution in [0.1, 0.15) is 65.6 Å². The van der Waals surface area contributed by atoms with Crippen LogP contribution in [-0.2, 0) is 29.0 Å². The number of ether oxygens (including phenoxy) is 1. The minimum absolute atomic E-state index is 0.0424. The molecule has 1 atom stereocenters. The quantitative estimate of drug-likeness (QED) is 0.214. The number of piperidine rings is 1. The first-order chi connectivity index (χ1) is 21.4. The van der Waals surface area contributed by atoms with E-state index in [1.54, 1.807) is 18.3 Å². The van der Waals surface area contributed by atoms with Crippen molar-refractivity contribution in [1.29, 1.82) is 5.26 Å². The summed E-state index contributed by atoms with van der Waals surface area (Å²) in [4.78, 5) is 32.3. The average Bonchev–Trinajstić information content (AvgIpc) is 3.50. The van der Waals surface area contributed by atoms with Crippen LogP contribution in [0.15, 0.2) is 89.5 Å². The maximum absolute atomic E-state index is 13.2. The predicted molar refractivity (Wildman–Crippen MR) is 166 cm³/mol. The van der Waals surface area contributed by atoms with Crippen LogP contribution in [0, 0.1) is 24.2 Å². The van der Waals surface area contributed by atoms with Crippen molar-refractivity contribution in [2.45, 2.75) is 58.1 Å². The maximum Gasteiger partial charge on any atom is 0.222 e. The molecule has 1 unspecified atom stereocenters. The molecule has 0 spiro atoms. The summed E-state index contributed by atoms with van der Waals surface area (Å²) in [5.41, 5.74) is 3.81. The molecule has 5 rings (SSSR count). The number of nitrogens with zero attached hydrogens (tertiary/aromatic N) is 3. The van der Waals surface area contributed by atoms with Gasteiger partial charge in [-0.2, -0.15) is 5.26 Å². The highest BCUT2D eigenvalue weighted by Gasteiger charge is 2.26. The summed E-state index contributed by atoms with van der Waals surface area (Å²) in [6.07, 6.45) is 5.29. The number of likely N-dealkylation sites (tertiary alicyclic amines) is 1. The van der Waals surface area contributed by atoms with Crippen molar-refractivity contribution in [3.8, 4) is 11.8 Å². The van der Waals surface area contributed by atoms with Gasteiger partial charge in [-0.25, -0.2) is 4.98 Å². The first-order valence-corrected chi connectivity index (χ1v) is 15.2. The Morgan fingerprint density at radius 2 is 1.70 bits per heavy atom. The molecule has 8 heteroatoms. The van der Waals surface area contributed by atoms with Gasteiger partial charge in [0.2, 0.25) is 17.7 Å². The zero-order valence-electron chi connectivity index (χ0n) is 25.1. The van der Waals surface area contributed by atoms with E-state index >= 15 is 0 Å². The molecule has 44 heavy (non-hydrogen) atoms. The molecule has 1 aliphatic rings. The van der Waals surface area contributed by atoms with Gasteiger partial charge in [-0.3, -0.25) is 9.59 Å². The Hall–Kier alpha value is -4.90. The lowest BCUT2D eigenvalue weighted by Gasteiger charge is -2.32. The molecule has 1 aromatic heterocycles. The van der Waals surface area contributed by atoms with Gasteiger partial charge in [0.15, 0.2) is 0 Å². The molecule has 4 aromatic rings. The highest BCUT2D eigenvalue weighted by Crippen LogP contribution is 2.24. The fourth-order valence-electron chi connectivity index (χ4n) is 5.49. The molecule has 1 N–H and O–H groups in total. The summed E-state index contributed by atoms with van der Waals surface area (Å²) in [6, 6.07) is 27.0. The van der Waals surface area contributed by atoms with Crippen molar-refractivity contribution in [3.05, 3.63) is 119 Å². The summed E-state index contributed by atoms with van der Waals surface area (Å²) < 4.78 is 11.7. The number of carbonyl (C=O) groups excluding carboxylic acids is 2. The summed E-state index contributed by atoms with van der Waals surface area (Å²) in [5.74, 6) is 2.27. The van der Waals surface area contributed by atoms with E-state index in [0.29, 0.717) is 62.6 Å². The Balaban J connectivity index is 1.09. The zero-order valence-corrected chi connectivity index (χ0v) is 25.1. The van der Waals surface area contributed by atoms with Crippen molar-refractivity contribution in [1.82, 2.24) is 15.2 Å². The van der Waals surface area contributed by atoms with Crippen LogP contribution < -0.4 is 10.1 Å². The Morgan fingerprint density at radius 1 is 1.00 bits per heavy atom. The predicted octanol–water partition coefficient (Wildman–Crippen LogP) is 6.10. The molecule has 2 heterocycles. The number of aromatic nitrogens is 1. The topological polar surface area (TPSA) is 108 Å². The van der Waals surface area contributed by atoms with E-state index in [9.17, 15) is 9.59 Å². The molecule has 226 valence electrons. The Kier molecular flexibility index (Phi) is 10.4. The largest absolute Gasteiger partial charge is 0.489 e. The molecule has 0 aliphatic carbocycles. The molecule has 1 fully saturated rings. The first kappa shape index (κ1) is 30.6. The summed E-state index contributed by atoms with van der Waals surface area (Å²) in [6.45, 7) is 3.66. The third-order valence-corrected chi connectivity index (χ3v) is 8.04. The maximum atomic E-state index is 13.2. The zero-order chi connectivity index (χ0) is 30.7. The highest BCUT2D eigenvalue weighted by molar-refractivity contribution is 5.77. The molecule has 2 amide bonds. The number of benzene rings is 3. The Morgan fingerprint density at radius 3 is 2.36 bits per heavy atom. The fourth-order valence-corrected chi connectivity index (χ4v) is 5.49. The Bertz CT molecular complexity index is 1550. The van der Waals surface area contributed by atoms with Crippen molar-refractivity contribution in [3.63, 3.8) is 0 Å². The summed E-state index contributed by atoms with van der Waals surface area (Å²) >= 11 is 0. The van der Waals surface area contributed by atoms with Crippen molar-refractivity contribution in [2.75, 3.05) is 13.1 Å². The van der Waals surface area contributed by atoms with E-state index in [1.165, 1.54) is 0 Å².